The predicted molar refractivity (Wildman–Crippen MR) is 119 cm³/mol. The Balaban J connectivity index is 2.11. The van der Waals surface area contributed by atoms with E-state index in [0.29, 0.717) is 11.0 Å². The first-order valence-electron chi connectivity index (χ1n) is 10.9. The minimum absolute atomic E-state index is 0.00862. The number of fused-ring (bicyclic) bond motifs is 1. The molecular formula is C23H32BF2NO6. The Bertz CT molecular complexity index is 954. The summed E-state index contributed by atoms with van der Waals surface area (Å²) in [7, 11) is -0.838. The predicted octanol–water partition coefficient (Wildman–Crippen LogP) is 4.26. The fourth-order valence-corrected chi connectivity index (χ4v) is 3.85. The zero-order valence-corrected chi connectivity index (χ0v) is 20.7. The summed E-state index contributed by atoms with van der Waals surface area (Å²) in [5, 5.41) is 0. The van der Waals surface area contributed by atoms with E-state index in [1.807, 2.05) is 41.5 Å². The van der Waals surface area contributed by atoms with E-state index in [1.165, 1.54) is 6.07 Å². The van der Waals surface area contributed by atoms with Crippen LogP contribution in [0.15, 0.2) is 12.1 Å². The first-order chi connectivity index (χ1) is 14.8. The smallest absolute Gasteiger partial charge is 0.443 e. The lowest BCUT2D eigenvalue weighted by atomic mass is 9.71. The Morgan fingerprint density at radius 1 is 1.09 bits per heavy atom. The van der Waals surface area contributed by atoms with Crippen molar-refractivity contribution >= 4 is 24.6 Å². The molecule has 0 N–H and O–H groups in total. The molecule has 1 aromatic rings. The quantitative estimate of drug-likeness (QED) is 0.619. The number of alkyl halides is 2. The van der Waals surface area contributed by atoms with Crippen LogP contribution in [0, 0.1) is 0 Å². The molecule has 1 fully saturated rings. The van der Waals surface area contributed by atoms with Gasteiger partial charge in [0, 0.05) is 12.0 Å². The highest BCUT2D eigenvalue weighted by Crippen LogP contribution is 2.41. The topological polar surface area (TPSA) is 74.3 Å². The summed E-state index contributed by atoms with van der Waals surface area (Å²) in [6.07, 6.45) is -0.843. The van der Waals surface area contributed by atoms with Crippen LogP contribution in [0.3, 0.4) is 0 Å². The van der Waals surface area contributed by atoms with Crippen molar-refractivity contribution in [1.29, 1.82) is 0 Å². The fourth-order valence-electron chi connectivity index (χ4n) is 3.85. The van der Waals surface area contributed by atoms with Gasteiger partial charge in [-0.2, -0.15) is 8.78 Å². The first kappa shape index (κ1) is 25.4. The standard InChI is InChI=1S/C23H32BF2NO6/c1-20(2,3)31-19(29)27-12-21(4,5)14-10-13(24-32-22(6,7)23(8,9)33-24)11-15(30-18(25)26)16(14)17(27)28/h10-11,18H,12H2,1-9H3. The molecule has 1 aromatic carbocycles. The van der Waals surface area contributed by atoms with E-state index in [-0.39, 0.29) is 17.9 Å². The van der Waals surface area contributed by atoms with Crippen LogP contribution in [-0.4, -0.2) is 54.0 Å². The molecule has 0 unspecified atom stereocenters. The highest BCUT2D eigenvalue weighted by Gasteiger charge is 2.53. The van der Waals surface area contributed by atoms with Crippen molar-refractivity contribution in [3.63, 3.8) is 0 Å². The Hall–Kier alpha value is -2.20. The lowest BCUT2D eigenvalue weighted by Crippen LogP contribution is -2.52. The maximum absolute atomic E-state index is 13.3. The molecule has 33 heavy (non-hydrogen) atoms. The van der Waals surface area contributed by atoms with Crippen LogP contribution in [0.25, 0.3) is 0 Å². The van der Waals surface area contributed by atoms with Gasteiger partial charge in [0.05, 0.1) is 16.8 Å². The van der Waals surface area contributed by atoms with E-state index < -0.39 is 47.9 Å². The summed E-state index contributed by atoms with van der Waals surface area (Å²) in [6, 6.07) is 3.03. The monoisotopic (exact) mass is 467 g/mol. The maximum Gasteiger partial charge on any atom is 0.494 e. The van der Waals surface area contributed by atoms with E-state index in [1.54, 1.807) is 26.8 Å². The summed E-state index contributed by atoms with van der Waals surface area (Å²) < 4.78 is 49.0. The van der Waals surface area contributed by atoms with Gasteiger partial charge in [-0.3, -0.25) is 4.79 Å². The van der Waals surface area contributed by atoms with Crippen LogP contribution in [0.1, 0.15) is 78.2 Å². The molecule has 2 amide bonds. The number of halogens is 2. The van der Waals surface area contributed by atoms with E-state index in [4.69, 9.17) is 18.8 Å². The van der Waals surface area contributed by atoms with Gasteiger partial charge in [-0.1, -0.05) is 19.9 Å². The molecule has 2 heterocycles. The molecular weight excluding hydrogens is 435 g/mol. The molecule has 182 valence electrons. The number of hydrogen-bond acceptors (Lipinski definition) is 6. The number of nitrogens with zero attached hydrogens (tertiary/aromatic N) is 1. The summed E-state index contributed by atoms with van der Waals surface area (Å²) >= 11 is 0. The van der Waals surface area contributed by atoms with Gasteiger partial charge < -0.3 is 18.8 Å². The molecule has 1 saturated heterocycles. The lowest BCUT2D eigenvalue weighted by molar-refractivity contribution is -0.0505. The minimum Gasteiger partial charge on any atom is -0.443 e. The second-order valence-corrected chi connectivity index (χ2v) is 11.2. The van der Waals surface area contributed by atoms with Gasteiger partial charge in [0.25, 0.3) is 5.91 Å². The van der Waals surface area contributed by atoms with Crippen molar-refractivity contribution in [2.75, 3.05) is 6.54 Å². The molecule has 0 aliphatic carbocycles. The molecule has 7 nitrogen and oxygen atoms in total. The van der Waals surface area contributed by atoms with E-state index in [2.05, 4.69) is 0 Å². The second kappa shape index (κ2) is 7.94. The molecule has 0 bridgehead atoms. The largest absolute Gasteiger partial charge is 0.494 e. The van der Waals surface area contributed by atoms with E-state index >= 15 is 0 Å². The third-order valence-electron chi connectivity index (χ3n) is 6.22. The molecule has 2 aliphatic heterocycles. The Labute approximate surface area is 193 Å². The SMILES string of the molecule is CC(C)(C)OC(=O)N1CC(C)(C)c2cc(B3OC(C)(C)C(C)(C)O3)cc(OC(F)F)c2C1=O. The van der Waals surface area contributed by atoms with Gasteiger partial charge in [0.1, 0.15) is 11.4 Å². The highest BCUT2D eigenvalue weighted by atomic mass is 19.3. The van der Waals surface area contributed by atoms with Crippen molar-refractivity contribution in [3.05, 3.63) is 23.3 Å². The van der Waals surface area contributed by atoms with Crippen LogP contribution >= 0.6 is 0 Å². The van der Waals surface area contributed by atoms with Crippen molar-refractivity contribution in [2.45, 2.75) is 91.1 Å². The number of benzene rings is 1. The van der Waals surface area contributed by atoms with Gasteiger partial charge in [-0.05, 0) is 65.6 Å². The van der Waals surface area contributed by atoms with Crippen LogP contribution in [0.2, 0.25) is 0 Å². The van der Waals surface area contributed by atoms with Gasteiger partial charge in [-0.25, -0.2) is 9.69 Å². The summed E-state index contributed by atoms with van der Waals surface area (Å²) in [4.78, 5) is 27.0. The number of amides is 2. The van der Waals surface area contributed by atoms with Crippen molar-refractivity contribution in [1.82, 2.24) is 4.90 Å². The third kappa shape index (κ3) is 4.87. The minimum atomic E-state index is -3.17. The van der Waals surface area contributed by atoms with Gasteiger partial charge >= 0.3 is 19.8 Å². The average Bonchev–Trinajstić information content (AvgIpc) is 2.83. The number of rotatable bonds is 3. The zero-order chi connectivity index (χ0) is 25.1. The van der Waals surface area contributed by atoms with E-state index in [9.17, 15) is 18.4 Å². The average molecular weight is 467 g/mol. The van der Waals surface area contributed by atoms with E-state index in [0.717, 1.165) is 4.90 Å². The summed E-state index contributed by atoms with van der Waals surface area (Å²) in [5.74, 6) is -1.09. The van der Waals surface area contributed by atoms with Crippen LogP contribution in [0.5, 0.6) is 5.75 Å². The molecule has 0 radical (unpaired) electrons. The van der Waals surface area contributed by atoms with Crippen LogP contribution in [0.4, 0.5) is 13.6 Å². The molecule has 3 rings (SSSR count). The van der Waals surface area contributed by atoms with Crippen LogP contribution < -0.4 is 10.2 Å². The lowest BCUT2D eigenvalue weighted by Gasteiger charge is -2.39. The second-order valence-electron chi connectivity index (χ2n) is 11.2. The summed E-state index contributed by atoms with van der Waals surface area (Å²) in [5.41, 5.74) is -2.07. The third-order valence-corrected chi connectivity index (χ3v) is 6.22. The normalized spacial score (nSPS) is 21.3. The van der Waals surface area contributed by atoms with Crippen molar-refractivity contribution in [3.8, 4) is 5.75 Å². The molecule has 0 spiro atoms. The first-order valence-corrected chi connectivity index (χ1v) is 10.9. The summed E-state index contributed by atoms with van der Waals surface area (Å²) in [6.45, 7) is 13.0. The Morgan fingerprint density at radius 2 is 1.64 bits per heavy atom. The van der Waals surface area contributed by atoms with Gasteiger partial charge in [-0.15, -0.1) is 0 Å². The molecule has 0 saturated carbocycles. The maximum atomic E-state index is 13.3. The molecule has 10 heteroatoms. The van der Waals surface area contributed by atoms with Crippen molar-refractivity contribution in [2.24, 2.45) is 0 Å². The Morgan fingerprint density at radius 3 is 2.12 bits per heavy atom. The van der Waals surface area contributed by atoms with Gasteiger partial charge in [0.2, 0.25) is 0 Å². The van der Waals surface area contributed by atoms with Gasteiger partial charge in [0.15, 0.2) is 0 Å². The highest BCUT2D eigenvalue weighted by molar-refractivity contribution is 6.62. The Kier molecular flexibility index (Phi) is 6.12. The molecule has 0 aromatic heterocycles. The number of hydrogen-bond donors (Lipinski definition) is 0. The fraction of sp³-hybridized carbons (Fsp3) is 0.652. The van der Waals surface area contributed by atoms with Crippen molar-refractivity contribution < 1.29 is 37.2 Å². The molecule has 2 aliphatic rings. The number of imide groups is 1. The molecule has 0 atom stereocenters. The number of carbonyl (C=O) groups excluding carboxylic acids is 2. The van der Waals surface area contributed by atoms with Crippen LogP contribution in [-0.2, 0) is 19.5 Å². The number of ether oxygens (including phenoxy) is 2. The zero-order valence-electron chi connectivity index (χ0n) is 20.7. The number of carbonyl (C=O) groups is 2.